The van der Waals surface area contributed by atoms with E-state index in [1.165, 1.54) is 0 Å². The minimum Gasteiger partial charge on any atom is -0.0991 e. The maximum absolute atomic E-state index is 6.37. The van der Waals surface area contributed by atoms with Crippen LogP contribution in [-0.4, -0.2) is 7.85 Å². The molecule has 0 saturated carbocycles. The fourth-order valence-electron chi connectivity index (χ4n) is 1.94. The molecule has 0 aliphatic rings. The predicted octanol–water partition coefficient (Wildman–Crippen LogP) is 4.62. The van der Waals surface area contributed by atoms with Crippen LogP contribution >= 0.6 is 0 Å². The van der Waals surface area contributed by atoms with Gasteiger partial charge in [0.05, 0.1) is 7.85 Å². The minimum atomic E-state index is -0.341. The Morgan fingerprint density at radius 1 is 1.12 bits per heavy atom. The highest BCUT2D eigenvalue weighted by Crippen LogP contribution is 2.43. The number of rotatable bonds is 5. The normalized spacial score (nSPS) is 17.1. The van der Waals surface area contributed by atoms with Crippen LogP contribution in [0.15, 0.2) is 49.1 Å². The van der Waals surface area contributed by atoms with E-state index in [1.807, 2.05) is 18.2 Å². The van der Waals surface area contributed by atoms with Crippen LogP contribution in [0.3, 0.4) is 0 Å². The van der Waals surface area contributed by atoms with E-state index >= 15 is 0 Å². The fraction of sp³-hybridized carbons (Fsp3) is 0.467. The molecular formula is C15H23B. The SMILES string of the molecule is [B]C(C)(CC(C)(C)C)C(/C=C\C=C)=C/C=C. The zero-order valence-electron chi connectivity index (χ0n) is 11.1. The topological polar surface area (TPSA) is 0 Å². The van der Waals surface area contributed by atoms with Gasteiger partial charge in [0.2, 0.25) is 0 Å². The standard InChI is InChI=1S/C15H23B/c1-7-9-11-13(10-8-2)15(6,16)12-14(3,4)5/h7-11H,1-2,12H2,3-6H3/b11-9-,13-10+. The lowest BCUT2D eigenvalue weighted by Gasteiger charge is -2.34. The van der Waals surface area contributed by atoms with Crippen molar-refractivity contribution in [2.45, 2.75) is 39.4 Å². The van der Waals surface area contributed by atoms with Crippen molar-refractivity contribution in [3.8, 4) is 0 Å². The Labute approximate surface area is 102 Å². The van der Waals surface area contributed by atoms with Crippen LogP contribution in [0.5, 0.6) is 0 Å². The van der Waals surface area contributed by atoms with Crippen molar-refractivity contribution in [1.82, 2.24) is 0 Å². The van der Waals surface area contributed by atoms with Gasteiger partial charge in [-0.2, -0.15) is 0 Å². The summed E-state index contributed by atoms with van der Waals surface area (Å²) in [6.45, 7) is 16.0. The molecule has 1 heteroatoms. The first-order chi connectivity index (χ1) is 7.23. The summed E-state index contributed by atoms with van der Waals surface area (Å²) in [5.74, 6) is 0. The lowest BCUT2D eigenvalue weighted by Crippen LogP contribution is -2.19. The van der Waals surface area contributed by atoms with Crippen molar-refractivity contribution in [3.63, 3.8) is 0 Å². The molecule has 0 N–H and O–H groups in total. The summed E-state index contributed by atoms with van der Waals surface area (Å²) in [7, 11) is 6.37. The van der Waals surface area contributed by atoms with Gasteiger partial charge in [-0.1, -0.05) is 76.8 Å². The third kappa shape index (κ3) is 5.80. The Kier molecular flexibility index (Phi) is 5.57. The summed E-state index contributed by atoms with van der Waals surface area (Å²) in [5, 5.41) is -0.341. The monoisotopic (exact) mass is 214 g/mol. The van der Waals surface area contributed by atoms with E-state index in [2.05, 4.69) is 40.9 Å². The van der Waals surface area contributed by atoms with Gasteiger partial charge in [-0.05, 0) is 17.2 Å². The second kappa shape index (κ2) is 5.93. The fourth-order valence-corrected chi connectivity index (χ4v) is 1.94. The van der Waals surface area contributed by atoms with Gasteiger partial charge >= 0.3 is 0 Å². The molecule has 1 atom stereocenters. The Balaban J connectivity index is 5.04. The summed E-state index contributed by atoms with van der Waals surface area (Å²) in [6.07, 6.45) is 10.3. The maximum Gasteiger partial charge on any atom is 0.0806 e. The summed E-state index contributed by atoms with van der Waals surface area (Å²) in [5.41, 5.74) is 1.28. The van der Waals surface area contributed by atoms with Crippen molar-refractivity contribution in [2.24, 2.45) is 5.41 Å². The van der Waals surface area contributed by atoms with Crippen LogP contribution in [0.2, 0.25) is 5.31 Å². The molecule has 0 bridgehead atoms. The third-order valence-electron chi connectivity index (χ3n) is 2.27. The summed E-state index contributed by atoms with van der Waals surface area (Å²) in [6, 6.07) is 0. The summed E-state index contributed by atoms with van der Waals surface area (Å²) in [4.78, 5) is 0. The molecule has 0 amide bonds. The van der Waals surface area contributed by atoms with Gasteiger partial charge in [0.15, 0.2) is 0 Å². The van der Waals surface area contributed by atoms with Crippen LogP contribution in [0.25, 0.3) is 0 Å². The molecule has 0 aliphatic heterocycles. The molecule has 86 valence electrons. The van der Waals surface area contributed by atoms with Crippen molar-refractivity contribution in [2.75, 3.05) is 0 Å². The first-order valence-electron chi connectivity index (χ1n) is 5.64. The highest BCUT2D eigenvalue weighted by atomic mass is 14.3. The molecule has 0 rings (SSSR count). The molecule has 0 heterocycles. The zero-order valence-corrected chi connectivity index (χ0v) is 11.1. The largest absolute Gasteiger partial charge is 0.0991 e. The molecular weight excluding hydrogens is 191 g/mol. The van der Waals surface area contributed by atoms with Crippen molar-refractivity contribution in [1.29, 1.82) is 0 Å². The molecule has 0 aromatic heterocycles. The summed E-state index contributed by atoms with van der Waals surface area (Å²) >= 11 is 0. The molecule has 1 unspecified atom stereocenters. The second-order valence-electron chi connectivity index (χ2n) is 5.61. The molecule has 0 aliphatic carbocycles. The zero-order chi connectivity index (χ0) is 12.8. The Morgan fingerprint density at radius 3 is 2.06 bits per heavy atom. The minimum absolute atomic E-state index is 0.200. The van der Waals surface area contributed by atoms with Crippen LogP contribution in [0.4, 0.5) is 0 Å². The van der Waals surface area contributed by atoms with Crippen molar-refractivity contribution in [3.05, 3.63) is 49.1 Å². The number of hydrogen-bond acceptors (Lipinski definition) is 0. The number of allylic oxidation sites excluding steroid dienone is 6. The molecule has 0 aromatic carbocycles. The quantitative estimate of drug-likeness (QED) is 0.462. The van der Waals surface area contributed by atoms with E-state index in [0.717, 1.165) is 12.0 Å². The Morgan fingerprint density at radius 2 is 1.69 bits per heavy atom. The van der Waals surface area contributed by atoms with E-state index < -0.39 is 0 Å². The predicted molar refractivity (Wildman–Crippen MR) is 75.8 cm³/mol. The van der Waals surface area contributed by atoms with Crippen LogP contribution < -0.4 is 0 Å². The first kappa shape index (κ1) is 15.0. The smallest absolute Gasteiger partial charge is 0.0806 e. The number of hydrogen-bond donors (Lipinski definition) is 0. The maximum atomic E-state index is 6.37. The van der Waals surface area contributed by atoms with Crippen molar-refractivity contribution >= 4 is 7.85 Å². The van der Waals surface area contributed by atoms with Gasteiger partial charge < -0.3 is 0 Å². The van der Waals surface area contributed by atoms with E-state index in [0.29, 0.717) is 0 Å². The van der Waals surface area contributed by atoms with Gasteiger partial charge in [-0.3, -0.25) is 0 Å². The molecule has 2 radical (unpaired) electrons. The average Bonchev–Trinajstić information content (AvgIpc) is 2.07. The van der Waals surface area contributed by atoms with E-state index in [4.69, 9.17) is 7.85 Å². The van der Waals surface area contributed by atoms with Gasteiger partial charge in [0.25, 0.3) is 0 Å². The van der Waals surface area contributed by atoms with E-state index in [9.17, 15) is 0 Å². The molecule has 0 fully saturated rings. The molecule has 0 aromatic rings. The van der Waals surface area contributed by atoms with Gasteiger partial charge in [0.1, 0.15) is 0 Å². The van der Waals surface area contributed by atoms with E-state index in [-0.39, 0.29) is 10.7 Å². The van der Waals surface area contributed by atoms with Crippen LogP contribution in [0, 0.1) is 5.41 Å². The lowest BCUT2D eigenvalue weighted by molar-refractivity contribution is 0.341. The van der Waals surface area contributed by atoms with E-state index in [1.54, 1.807) is 12.2 Å². The second-order valence-corrected chi connectivity index (χ2v) is 5.61. The van der Waals surface area contributed by atoms with Gasteiger partial charge in [0, 0.05) is 0 Å². The highest BCUT2D eigenvalue weighted by molar-refractivity contribution is 6.17. The molecule has 0 nitrogen and oxygen atoms in total. The van der Waals surface area contributed by atoms with Gasteiger partial charge in [-0.15, -0.1) is 0 Å². The summed E-state index contributed by atoms with van der Waals surface area (Å²) < 4.78 is 0. The van der Waals surface area contributed by atoms with Crippen LogP contribution in [-0.2, 0) is 0 Å². The molecule has 0 spiro atoms. The van der Waals surface area contributed by atoms with Crippen LogP contribution in [0.1, 0.15) is 34.1 Å². The highest BCUT2D eigenvalue weighted by Gasteiger charge is 2.26. The Hall–Kier alpha value is -0.975. The molecule has 16 heavy (non-hydrogen) atoms. The third-order valence-corrected chi connectivity index (χ3v) is 2.27. The average molecular weight is 214 g/mol. The first-order valence-corrected chi connectivity index (χ1v) is 5.64. The molecule has 0 saturated heterocycles. The Bertz CT molecular complexity index is 298. The van der Waals surface area contributed by atoms with Crippen molar-refractivity contribution < 1.29 is 0 Å². The lowest BCUT2D eigenvalue weighted by atomic mass is 9.58. The van der Waals surface area contributed by atoms with Gasteiger partial charge in [-0.25, -0.2) is 0 Å².